The van der Waals surface area contributed by atoms with Crippen LogP contribution in [0.15, 0.2) is 60.8 Å². The fraction of sp³-hybridized carbons (Fsp3) is 0.240. The van der Waals surface area contributed by atoms with Gasteiger partial charge in [-0.1, -0.05) is 18.2 Å². The van der Waals surface area contributed by atoms with Crippen molar-refractivity contribution in [1.29, 1.82) is 0 Å². The van der Waals surface area contributed by atoms with Crippen LogP contribution in [0.1, 0.15) is 39.9 Å². The van der Waals surface area contributed by atoms with Crippen molar-refractivity contribution in [2.45, 2.75) is 33.9 Å². The lowest BCUT2D eigenvalue weighted by atomic mass is 10.1. The number of aromatic nitrogens is 2. The molecule has 0 saturated carbocycles. The molecule has 6 nitrogen and oxygen atoms in total. The summed E-state index contributed by atoms with van der Waals surface area (Å²) in [4.78, 5) is 28.6. The standard InChI is InChI=1S/C25H26N2O4/c1-4-27-18(2)15-23(19(27)3)24(28)17-31-25(29)13-10-20-8-11-22(12-9-20)30-16-21-7-5-6-14-26-21/h5-15H,4,16-17H2,1-3H3. The molecular weight excluding hydrogens is 392 g/mol. The quantitative estimate of drug-likeness (QED) is 0.290. The number of rotatable bonds is 9. The van der Waals surface area contributed by atoms with Gasteiger partial charge in [-0.3, -0.25) is 9.78 Å². The first kappa shape index (κ1) is 22.0. The van der Waals surface area contributed by atoms with Gasteiger partial charge in [-0.05, 0) is 62.7 Å². The largest absolute Gasteiger partial charge is 0.487 e. The van der Waals surface area contributed by atoms with Crippen molar-refractivity contribution in [3.63, 3.8) is 0 Å². The van der Waals surface area contributed by atoms with Crippen LogP contribution in [0, 0.1) is 13.8 Å². The molecule has 0 radical (unpaired) electrons. The Labute approximate surface area is 182 Å². The Morgan fingerprint density at radius 3 is 2.52 bits per heavy atom. The highest BCUT2D eigenvalue weighted by molar-refractivity contribution is 6.00. The number of esters is 1. The summed E-state index contributed by atoms with van der Waals surface area (Å²) in [7, 11) is 0. The van der Waals surface area contributed by atoms with Crippen LogP contribution in [0.3, 0.4) is 0 Å². The highest BCUT2D eigenvalue weighted by atomic mass is 16.5. The number of ketones is 1. The molecule has 0 bridgehead atoms. The van der Waals surface area contributed by atoms with Crippen LogP contribution in [-0.2, 0) is 22.7 Å². The Bertz CT molecular complexity index is 1070. The first-order chi connectivity index (χ1) is 15.0. The number of aryl methyl sites for hydroxylation is 1. The van der Waals surface area contributed by atoms with Crippen molar-refractivity contribution < 1.29 is 19.1 Å². The fourth-order valence-electron chi connectivity index (χ4n) is 3.31. The summed E-state index contributed by atoms with van der Waals surface area (Å²) >= 11 is 0. The maximum absolute atomic E-state index is 12.4. The molecule has 0 saturated heterocycles. The number of Topliss-reactive ketones (excluding diaryl/α,β-unsaturated/α-hetero) is 1. The molecular formula is C25H26N2O4. The van der Waals surface area contributed by atoms with Crippen molar-refractivity contribution in [2.24, 2.45) is 0 Å². The van der Waals surface area contributed by atoms with Gasteiger partial charge in [0.1, 0.15) is 12.4 Å². The third-order valence-corrected chi connectivity index (χ3v) is 4.94. The second kappa shape index (κ2) is 10.4. The number of hydrogen-bond acceptors (Lipinski definition) is 5. The molecule has 0 aliphatic heterocycles. The molecule has 0 amide bonds. The summed E-state index contributed by atoms with van der Waals surface area (Å²) in [6.07, 6.45) is 4.67. The van der Waals surface area contributed by atoms with Gasteiger partial charge in [-0.15, -0.1) is 0 Å². The summed E-state index contributed by atoms with van der Waals surface area (Å²) in [6.45, 7) is 6.78. The van der Waals surface area contributed by atoms with E-state index in [2.05, 4.69) is 9.55 Å². The number of carbonyl (C=O) groups excluding carboxylic acids is 2. The lowest BCUT2D eigenvalue weighted by molar-refractivity contribution is -0.136. The Kier molecular flexibility index (Phi) is 7.38. The maximum Gasteiger partial charge on any atom is 0.331 e. The third kappa shape index (κ3) is 5.92. The molecule has 160 valence electrons. The van der Waals surface area contributed by atoms with Crippen molar-refractivity contribution in [1.82, 2.24) is 9.55 Å². The molecule has 31 heavy (non-hydrogen) atoms. The van der Waals surface area contributed by atoms with Crippen molar-refractivity contribution in [2.75, 3.05) is 6.61 Å². The normalized spacial score (nSPS) is 10.9. The van der Waals surface area contributed by atoms with E-state index in [-0.39, 0.29) is 12.4 Å². The highest BCUT2D eigenvalue weighted by Crippen LogP contribution is 2.16. The van der Waals surface area contributed by atoms with Crippen molar-refractivity contribution in [3.05, 3.63) is 89.0 Å². The van der Waals surface area contributed by atoms with Crippen LogP contribution >= 0.6 is 0 Å². The van der Waals surface area contributed by atoms with Gasteiger partial charge in [-0.2, -0.15) is 0 Å². The molecule has 1 aromatic carbocycles. The number of benzene rings is 1. The minimum Gasteiger partial charge on any atom is -0.487 e. The number of carbonyl (C=O) groups is 2. The Morgan fingerprint density at radius 2 is 1.87 bits per heavy atom. The average Bonchev–Trinajstić information content (AvgIpc) is 3.09. The van der Waals surface area contributed by atoms with E-state index in [0.29, 0.717) is 17.9 Å². The van der Waals surface area contributed by atoms with E-state index in [4.69, 9.17) is 9.47 Å². The minimum atomic E-state index is -0.562. The first-order valence-corrected chi connectivity index (χ1v) is 10.2. The lowest BCUT2D eigenvalue weighted by Gasteiger charge is -2.06. The molecule has 0 aliphatic carbocycles. The molecule has 0 spiro atoms. The molecule has 2 aromatic heterocycles. The van der Waals surface area contributed by atoms with Crippen LogP contribution < -0.4 is 4.74 Å². The van der Waals surface area contributed by atoms with Gasteiger partial charge in [-0.25, -0.2) is 4.79 Å². The Morgan fingerprint density at radius 1 is 1.10 bits per heavy atom. The third-order valence-electron chi connectivity index (χ3n) is 4.94. The van der Waals surface area contributed by atoms with E-state index in [1.807, 2.05) is 69.3 Å². The van der Waals surface area contributed by atoms with Gasteiger partial charge in [0.2, 0.25) is 5.78 Å². The van der Waals surface area contributed by atoms with E-state index in [1.165, 1.54) is 6.08 Å². The van der Waals surface area contributed by atoms with Gasteiger partial charge in [0.25, 0.3) is 0 Å². The zero-order valence-corrected chi connectivity index (χ0v) is 18.0. The molecule has 0 unspecified atom stereocenters. The van der Waals surface area contributed by atoms with Crippen LogP contribution in [0.2, 0.25) is 0 Å². The summed E-state index contributed by atoms with van der Waals surface area (Å²) in [5, 5.41) is 0. The zero-order chi connectivity index (χ0) is 22.2. The summed E-state index contributed by atoms with van der Waals surface area (Å²) in [6, 6.07) is 14.8. The van der Waals surface area contributed by atoms with E-state index >= 15 is 0 Å². The maximum atomic E-state index is 12.4. The van der Waals surface area contributed by atoms with E-state index in [9.17, 15) is 9.59 Å². The zero-order valence-electron chi connectivity index (χ0n) is 18.0. The van der Waals surface area contributed by atoms with E-state index in [1.54, 1.807) is 12.3 Å². The molecule has 0 aliphatic rings. The van der Waals surface area contributed by atoms with Gasteiger partial charge in [0.05, 0.1) is 5.69 Å². The number of nitrogens with zero attached hydrogens (tertiary/aromatic N) is 2. The molecule has 6 heteroatoms. The van der Waals surface area contributed by atoms with Gasteiger partial charge in [0.15, 0.2) is 6.61 Å². The second-order valence-corrected chi connectivity index (χ2v) is 7.07. The van der Waals surface area contributed by atoms with E-state index < -0.39 is 5.97 Å². The van der Waals surface area contributed by atoms with Crippen LogP contribution in [0.4, 0.5) is 0 Å². The molecule has 3 rings (SSSR count). The van der Waals surface area contributed by atoms with Crippen molar-refractivity contribution >= 4 is 17.8 Å². The summed E-state index contributed by atoms with van der Waals surface area (Å²) in [5.74, 6) is -0.0576. The smallest absolute Gasteiger partial charge is 0.331 e. The minimum absolute atomic E-state index is 0.205. The SMILES string of the molecule is CCn1c(C)cc(C(=O)COC(=O)C=Cc2ccc(OCc3ccccn3)cc2)c1C. The molecule has 0 N–H and O–H groups in total. The number of pyridine rings is 1. The molecule has 0 fully saturated rings. The average molecular weight is 418 g/mol. The van der Waals surface area contributed by atoms with Gasteiger partial charge >= 0.3 is 5.97 Å². The topological polar surface area (TPSA) is 70.4 Å². The Hall–Kier alpha value is -3.67. The predicted molar refractivity (Wildman–Crippen MR) is 119 cm³/mol. The first-order valence-electron chi connectivity index (χ1n) is 10.2. The van der Waals surface area contributed by atoms with Gasteiger partial charge in [0, 0.05) is 35.8 Å². The second-order valence-electron chi connectivity index (χ2n) is 7.07. The van der Waals surface area contributed by atoms with Crippen LogP contribution in [-0.4, -0.2) is 27.9 Å². The van der Waals surface area contributed by atoms with Crippen LogP contribution in [0.5, 0.6) is 5.75 Å². The highest BCUT2D eigenvalue weighted by Gasteiger charge is 2.16. The molecule has 3 aromatic rings. The predicted octanol–water partition coefficient (Wildman–Crippen LogP) is 4.54. The van der Waals surface area contributed by atoms with Crippen molar-refractivity contribution in [3.8, 4) is 5.75 Å². The summed E-state index contributed by atoms with van der Waals surface area (Å²) < 4.78 is 12.9. The van der Waals surface area contributed by atoms with E-state index in [0.717, 1.165) is 29.2 Å². The Balaban J connectivity index is 1.49. The summed E-state index contributed by atoms with van der Waals surface area (Å²) in [5.41, 5.74) is 4.17. The van der Waals surface area contributed by atoms with Gasteiger partial charge < -0.3 is 14.0 Å². The van der Waals surface area contributed by atoms with Crippen LogP contribution in [0.25, 0.3) is 6.08 Å². The lowest BCUT2D eigenvalue weighted by Crippen LogP contribution is -2.13. The number of hydrogen-bond donors (Lipinski definition) is 0. The molecule has 0 atom stereocenters. The fourth-order valence-corrected chi connectivity index (χ4v) is 3.31. The molecule has 2 heterocycles. The monoisotopic (exact) mass is 418 g/mol. The number of ether oxygens (including phenoxy) is 2.